The van der Waals surface area contributed by atoms with Crippen LogP contribution >= 0.6 is 0 Å². The molecule has 1 saturated heterocycles. The van der Waals surface area contributed by atoms with E-state index in [9.17, 15) is 4.79 Å². The van der Waals surface area contributed by atoms with Crippen molar-refractivity contribution >= 4 is 5.91 Å². The molecule has 0 bridgehead atoms. The van der Waals surface area contributed by atoms with Crippen LogP contribution in [0, 0.1) is 0 Å². The Balaban J connectivity index is 1.49. The molecule has 0 atom stereocenters. The lowest BCUT2D eigenvalue weighted by molar-refractivity contribution is -0.132. The first-order valence-corrected chi connectivity index (χ1v) is 7.60. The zero-order chi connectivity index (χ0) is 13.8. The zero-order valence-corrected chi connectivity index (χ0v) is 12.0. The summed E-state index contributed by atoms with van der Waals surface area (Å²) in [5.74, 6) is 0.311. The summed E-state index contributed by atoms with van der Waals surface area (Å²) in [7, 11) is 0. The lowest BCUT2D eigenvalue weighted by Gasteiger charge is -2.31. The molecule has 1 fully saturated rings. The standard InChI is InChI=1S/C16H23N3O/c20-16(19-11-7-17-8-12-19)6-10-18-9-5-14-3-1-2-4-15(14)13-18/h1-4,17H,5-13H2. The molecule has 2 aliphatic rings. The van der Waals surface area contributed by atoms with E-state index in [1.165, 1.54) is 11.1 Å². The molecule has 1 N–H and O–H groups in total. The second kappa shape index (κ2) is 6.37. The highest BCUT2D eigenvalue weighted by atomic mass is 16.2. The first kappa shape index (κ1) is 13.6. The predicted octanol–water partition coefficient (Wildman–Crippen LogP) is 0.867. The Bertz CT molecular complexity index is 469. The van der Waals surface area contributed by atoms with Crippen LogP contribution in [0.5, 0.6) is 0 Å². The number of carbonyl (C=O) groups excluding carboxylic acids is 1. The van der Waals surface area contributed by atoms with E-state index in [4.69, 9.17) is 0 Å². The molecule has 20 heavy (non-hydrogen) atoms. The van der Waals surface area contributed by atoms with Crippen molar-refractivity contribution in [1.29, 1.82) is 0 Å². The predicted molar refractivity (Wildman–Crippen MR) is 79.5 cm³/mol. The fraction of sp³-hybridized carbons (Fsp3) is 0.562. The van der Waals surface area contributed by atoms with Gasteiger partial charge in [0.2, 0.25) is 5.91 Å². The molecule has 0 aliphatic carbocycles. The minimum atomic E-state index is 0.311. The fourth-order valence-corrected chi connectivity index (χ4v) is 3.07. The number of amides is 1. The number of fused-ring (bicyclic) bond motifs is 1. The third-order valence-electron chi connectivity index (χ3n) is 4.32. The molecule has 0 saturated carbocycles. The van der Waals surface area contributed by atoms with Gasteiger partial charge in [-0.2, -0.15) is 0 Å². The van der Waals surface area contributed by atoms with Crippen LogP contribution in [0.3, 0.4) is 0 Å². The van der Waals surface area contributed by atoms with E-state index in [-0.39, 0.29) is 0 Å². The van der Waals surface area contributed by atoms with Crippen molar-refractivity contribution in [2.45, 2.75) is 19.4 Å². The maximum atomic E-state index is 12.2. The van der Waals surface area contributed by atoms with Gasteiger partial charge in [-0.25, -0.2) is 0 Å². The Morgan fingerprint density at radius 1 is 1.10 bits per heavy atom. The van der Waals surface area contributed by atoms with E-state index < -0.39 is 0 Å². The van der Waals surface area contributed by atoms with Crippen molar-refractivity contribution in [2.24, 2.45) is 0 Å². The third kappa shape index (κ3) is 3.19. The number of benzene rings is 1. The van der Waals surface area contributed by atoms with Crippen molar-refractivity contribution in [2.75, 3.05) is 39.3 Å². The van der Waals surface area contributed by atoms with E-state index >= 15 is 0 Å². The molecule has 2 heterocycles. The second-order valence-corrected chi connectivity index (χ2v) is 5.68. The SMILES string of the molecule is O=C(CCN1CCc2ccccc2C1)N1CCNCC1. The van der Waals surface area contributed by atoms with Crippen LogP contribution in [-0.4, -0.2) is 55.0 Å². The van der Waals surface area contributed by atoms with Crippen LogP contribution in [0.4, 0.5) is 0 Å². The smallest absolute Gasteiger partial charge is 0.223 e. The van der Waals surface area contributed by atoms with E-state index in [0.29, 0.717) is 12.3 Å². The average Bonchev–Trinajstić information content (AvgIpc) is 2.53. The van der Waals surface area contributed by atoms with Crippen molar-refractivity contribution in [1.82, 2.24) is 15.1 Å². The number of hydrogen-bond acceptors (Lipinski definition) is 3. The molecule has 1 aromatic carbocycles. The average molecular weight is 273 g/mol. The molecule has 0 spiro atoms. The summed E-state index contributed by atoms with van der Waals surface area (Å²) in [6.07, 6.45) is 1.76. The first-order valence-electron chi connectivity index (χ1n) is 7.60. The lowest BCUT2D eigenvalue weighted by atomic mass is 10.00. The van der Waals surface area contributed by atoms with Crippen LogP contribution in [0.25, 0.3) is 0 Å². The van der Waals surface area contributed by atoms with Gasteiger partial charge in [0.15, 0.2) is 0 Å². The summed E-state index contributed by atoms with van der Waals surface area (Å²) >= 11 is 0. The maximum absolute atomic E-state index is 12.2. The quantitative estimate of drug-likeness (QED) is 0.887. The minimum absolute atomic E-state index is 0.311. The van der Waals surface area contributed by atoms with Crippen molar-refractivity contribution in [3.05, 3.63) is 35.4 Å². The van der Waals surface area contributed by atoms with Gasteiger partial charge < -0.3 is 10.2 Å². The Hall–Kier alpha value is -1.39. The van der Waals surface area contributed by atoms with Gasteiger partial charge in [-0.3, -0.25) is 9.69 Å². The number of nitrogens with zero attached hydrogens (tertiary/aromatic N) is 2. The molecular formula is C16H23N3O. The molecule has 4 heteroatoms. The highest BCUT2D eigenvalue weighted by Gasteiger charge is 2.19. The van der Waals surface area contributed by atoms with Gasteiger partial charge in [-0.05, 0) is 17.5 Å². The molecular weight excluding hydrogens is 250 g/mol. The lowest BCUT2D eigenvalue weighted by Crippen LogP contribution is -2.47. The van der Waals surface area contributed by atoms with Crippen LogP contribution < -0.4 is 5.32 Å². The van der Waals surface area contributed by atoms with E-state index in [1.54, 1.807) is 0 Å². The summed E-state index contributed by atoms with van der Waals surface area (Å²) in [5, 5.41) is 3.28. The largest absolute Gasteiger partial charge is 0.340 e. The van der Waals surface area contributed by atoms with Crippen LogP contribution in [-0.2, 0) is 17.8 Å². The molecule has 3 rings (SSSR count). The zero-order valence-electron chi connectivity index (χ0n) is 12.0. The Morgan fingerprint density at radius 3 is 2.65 bits per heavy atom. The molecule has 108 valence electrons. The number of rotatable bonds is 3. The summed E-state index contributed by atoms with van der Waals surface area (Å²) in [5.41, 5.74) is 2.89. The van der Waals surface area contributed by atoms with Crippen molar-refractivity contribution in [3.8, 4) is 0 Å². The molecule has 2 aliphatic heterocycles. The van der Waals surface area contributed by atoms with Crippen molar-refractivity contribution < 1.29 is 4.79 Å². The van der Waals surface area contributed by atoms with E-state index in [0.717, 1.165) is 52.2 Å². The van der Waals surface area contributed by atoms with Crippen LogP contribution in [0.2, 0.25) is 0 Å². The second-order valence-electron chi connectivity index (χ2n) is 5.68. The Labute approximate surface area is 120 Å². The molecule has 1 aromatic rings. The highest BCUT2D eigenvalue weighted by Crippen LogP contribution is 2.18. The number of piperazine rings is 1. The summed E-state index contributed by atoms with van der Waals surface area (Å²) in [6, 6.07) is 8.65. The minimum Gasteiger partial charge on any atom is -0.340 e. The maximum Gasteiger partial charge on any atom is 0.223 e. The monoisotopic (exact) mass is 273 g/mol. The van der Waals surface area contributed by atoms with Crippen molar-refractivity contribution in [3.63, 3.8) is 0 Å². The highest BCUT2D eigenvalue weighted by molar-refractivity contribution is 5.76. The Kier molecular flexibility index (Phi) is 4.33. The van der Waals surface area contributed by atoms with Crippen LogP contribution in [0.1, 0.15) is 17.5 Å². The fourth-order valence-electron chi connectivity index (χ4n) is 3.07. The molecule has 1 amide bonds. The van der Waals surface area contributed by atoms with Gasteiger partial charge >= 0.3 is 0 Å². The number of carbonyl (C=O) groups is 1. The Morgan fingerprint density at radius 2 is 1.85 bits per heavy atom. The van der Waals surface area contributed by atoms with Gasteiger partial charge in [0, 0.05) is 52.2 Å². The molecule has 4 nitrogen and oxygen atoms in total. The van der Waals surface area contributed by atoms with Gasteiger partial charge in [-0.15, -0.1) is 0 Å². The first-order chi connectivity index (χ1) is 9.83. The number of nitrogens with one attached hydrogen (secondary N) is 1. The van der Waals surface area contributed by atoms with Gasteiger partial charge in [0.25, 0.3) is 0 Å². The third-order valence-corrected chi connectivity index (χ3v) is 4.32. The number of hydrogen-bond donors (Lipinski definition) is 1. The van der Waals surface area contributed by atoms with E-state index in [1.807, 2.05) is 4.90 Å². The van der Waals surface area contributed by atoms with Gasteiger partial charge in [-0.1, -0.05) is 24.3 Å². The molecule has 0 radical (unpaired) electrons. The van der Waals surface area contributed by atoms with E-state index in [2.05, 4.69) is 34.5 Å². The van der Waals surface area contributed by atoms with Gasteiger partial charge in [0.1, 0.15) is 0 Å². The van der Waals surface area contributed by atoms with Gasteiger partial charge in [0.05, 0.1) is 0 Å². The molecule has 0 unspecified atom stereocenters. The summed E-state index contributed by atoms with van der Waals surface area (Å²) in [6.45, 7) is 6.54. The van der Waals surface area contributed by atoms with Crippen LogP contribution in [0.15, 0.2) is 24.3 Å². The topological polar surface area (TPSA) is 35.6 Å². The molecule has 0 aromatic heterocycles. The normalized spacial score (nSPS) is 19.7. The summed E-state index contributed by atoms with van der Waals surface area (Å²) in [4.78, 5) is 16.6. The summed E-state index contributed by atoms with van der Waals surface area (Å²) < 4.78 is 0.